The van der Waals surface area contributed by atoms with Gasteiger partial charge in [-0.25, -0.2) is 16.8 Å². The second-order valence-corrected chi connectivity index (χ2v) is 10.5. The summed E-state index contributed by atoms with van der Waals surface area (Å²) in [5, 5.41) is 0. The molecule has 0 bridgehead atoms. The van der Waals surface area contributed by atoms with Crippen molar-refractivity contribution in [3.05, 3.63) is 48.5 Å². The lowest BCUT2D eigenvalue weighted by Crippen LogP contribution is -2.31. The Hall–Kier alpha value is -2.10. The van der Waals surface area contributed by atoms with E-state index in [9.17, 15) is 16.8 Å². The van der Waals surface area contributed by atoms with Crippen molar-refractivity contribution in [2.45, 2.75) is 42.4 Å². The summed E-state index contributed by atoms with van der Waals surface area (Å²) < 4.78 is 60.1. The molecule has 29 heavy (non-hydrogen) atoms. The molecule has 0 atom stereocenters. The first-order valence-corrected chi connectivity index (χ1v) is 12.6. The van der Waals surface area contributed by atoms with Crippen molar-refractivity contribution in [3.8, 4) is 5.75 Å². The van der Waals surface area contributed by atoms with Crippen LogP contribution >= 0.6 is 0 Å². The van der Waals surface area contributed by atoms with Gasteiger partial charge in [0, 0.05) is 18.8 Å². The third kappa shape index (κ3) is 5.29. The molecule has 0 amide bonds. The number of benzene rings is 2. The van der Waals surface area contributed by atoms with E-state index in [1.807, 2.05) is 6.92 Å². The number of sulfonamides is 2. The molecule has 0 aliphatic carbocycles. The Balaban J connectivity index is 1.74. The summed E-state index contributed by atoms with van der Waals surface area (Å²) in [6.45, 7) is 3.39. The molecule has 9 heteroatoms. The topological polar surface area (TPSA) is 92.8 Å². The van der Waals surface area contributed by atoms with Gasteiger partial charge in [-0.1, -0.05) is 12.8 Å². The molecule has 0 radical (unpaired) electrons. The van der Waals surface area contributed by atoms with E-state index in [-0.39, 0.29) is 9.79 Å². The molecule has 0 spiro atoms. The van der Waals surface area contributed by atoms with Crippen molar-refractivity contribution >= 4 is 25.7 Å². The van der Waals surface area contributed by atoms with Crippen LogP contribution in [0.15, 0.2) is 58.3 Å². The molecule has 1 aliphatic heterocycles. The zero-order valence-corrected chi connectivity index (χ0v) is 18.0. The van der Waals surface area contributed by atoms with Crippen LogP contribution in [0, 0.1) is 0 Å². The van der Waals surface area contributed by atoms with Gasteiger partial charge in [0.15, 0.2) is 0 Å². The lowest BCUT2D eigenvalue weighted by Gasteiger charge is -2.20. The van der Waals surface area contributed by atoms with Crippen molar-refractivity contribution in [2.75, 3.05) is 24.4 Å². The van der Waals surface area contributed by atoms with Gasteiger partial charge in [0.1, 0.15) is 5.75 Å². The summed E-state index contributed by atoms with van der Waals surface area (Å²) >= 11 is 0. The summed E-state index contributed by atoms with van der Waals surface area (Å²) in [6.07, 6.45) is 3.80. The van der Waals surface area contributed by atoms with Gasteiger partial charge in [-0.15, -0.1) is 0 Å². The Morgan fingerprint density at radius 2 is 1.38 bits per heavy atom. The van der Waals surface area contributed by atoms with E-state index in [4.69, 9.17) is 4.74 Å². The minimum atomic E-state index is -3.78. The highest BCUT2D eigenvalue weighted by molar-refractivity contribution is 7.92. The van der Waals surface area contributed by atoms with Crippen LogP contribution in [-0.2, 0) is 20.0 Å². The Bertz CT molecular complexity index is 1010. The first kappa shape index (κ1) is 21.6. The van der Waals surface area contributed by atoms with Crippen molar-refractivity contribution in [1.82, 2.24) is 4.31 Å². The van der Waals surface area contributed by atoms with Crippen molar-refractivity contribution in [3.63, 3.8) is 0 Å². The maximum atomic E-state index is 12.8. The number of hydrogen-bond donors (Lipinski definition) is 1. The highest BCUT2D eigenvalue weighted by atomic mass is 32.2. The molecule has 1 N–H and O–H groups in total. The van der Waals surface area contributed by atoms with Crippen LogP contribution < -0.4 is 9.46 Å². The molecule has 1 fully saturated rings. The fourth-order valence-electron chi connectivity index (χ4n) is 3.22. The quantitative estimate of drug-likeness (QED) is 0.715. The summed E-state index contributed by atoms with van der Waals surface area (Å²) in [7, 11) is -7.35. The maximum absolute atomic E-state index is 12.8. The second kappa shape index (κ2) is 9.15. The number of hydrogen-bond acceptors (Lipinski definition) is 5. The third-order valence-electron chi connectivity index (χ3n) is 4.75. The zero-order valence-electron chi connectivity index (χ0n) is 16.4. The SMILES string of the molecule is CCOc1ccc(S(=O)(=O)Nc2ccc(S(=O)(=O)N3CCCCCC3)cc2)cc1. The highest BCUT2D eigenvalue weighted by Gasteiger charge is 2.25. The van der Waals surface area contributed by atoms with Gasteiger partial charge in [0.25, 0.3) is 10.0 Å². The summed E-state index contributed by atoms with van der Waals surface area (Å²) in [5.41, 5.74) is 0.300. The van der Waals surface area contributed by atoms with E-state index in [0.717, 1.165) is 25.7 Å². The molecule has 0 saturated carbocycles. The molecule has 158 valence electrons. The average molecular weight is 439 g/mol. The highest BCUT2D eigenvalue weighted by Crippen LogP contribution is 2.23. The van der Waals surface area contributed by atoms with Crippen LogP contribution in [0.3, 0.4) is 0 Å². The van der Waals surface area contributed by atoms with Gasteiger partial charge in [0.05, 0.1) is 16.4 Å². The number of ether oxygens (including phenoxy) is 1. The van der Waals surface area contributed by atoms with Crippen molar-refractivity contribution in [2.24, 2.45) is 0 Å². The molecule has 7 nitrogen and oxygen atoms in total. The van der Waals surface area contributed by atoms with Crippen LogP contribution in [0.2, 0.25) is 0 Å². The van der Waals surface area contributed by atoms with Crippen LogP contribution in [0.25, 0.3) is 0 Å². The molecule has 2 aromatic carbocycles. The number of anilines is 1. The first-order chi connectivity index (χ1) is 13.8. The van der Waals surface area contributed by atoms with Gasteiger partial charge in [-0.2, -0.15) is 4.31 Å². The largest absolute Gasteiger partial charge is 0.494 e. The van der Waals surface area contributed by atoms with Gasteiger partial charge in [0.2, 0.25) is 10.0 Å². The molecule has 1 saturated heterocycles. The standard InChI is InChI=1S/C20H26N2O5S2/c1-2-27-18-9-13-19(14-10-18)28(23,24)21-17-7-11-20(12-8-17)29(25,26)22-15-5-3-4-6-16-22/h7-14,21H,2-6,15-16H2,1H3. The Kier molecular flexibility index (Phi) is 6.81. The van der Waals surface area contributed by atoms with E-state index in [2.05, 4.69) is 4.72 Å². The van der Waals surface area contributed by atoms with E-state index in [0.29, 0.717) is 31.1 Å². The van der Waals surface area contributed by atoms with Crippen LogP contribution in [-0.4, -0.2) is 40.8 Å². The van der Waals surface area contributed by atoms with Crippen molar-refractivity contribution < 1.29 is 21.6 Å². The summed E-state index contributed by atoms with van der Waals surface area (Å²) in [6, 6.07) is 11.9. The molecule has 2 aromatic rings. The van der Waals surface area contributed by atoms with E-state index in [1.165, 1.54) is 40.7 Å². The predicted molar refractivity (Wildman–Crippen MR) is 112 cm³/mol. The van der Waals surface area contributed by atoms with E-state index in [1.54, 1.807) is 12.1 Å². The fraction of sp³-hybridized carbons (Fsp3) is 0.400. The Morgan fingerprint density at radius 1 is 0.828 bits per heavy atom. The third-order valence-corrected chi connectivity index (χ3v) is 8.06. The zero-order chi connectivity index (χ0) is 20.9. The van der Waals surface area contributed by atoms with E-state index >= 15 is 0 Å². The minimum absolute atomic E-state index is 0.0993. The monoisotopic (exact) mass is 438 g/mol. The maximum Gasteiger partial charge on any atom is 0.261 e. The molecule has 1 aliphatic rings. The van der Waals surface area contributed by atoms with Gasteiger partial charge in [-0.3, -0.25) is 4.72 Å². The van der Waals surface area contributed by atoms with Crippen LogP contribution in [0.4, 0.5) is 5.69 Å². The number of nitrogens with one attached hydrogen (secondary N) is 1. The smallest absolute Gasteiger partial charge is 0.261 e. The molecular weight excluding hydrogens is 412 g/mol. The average Bonchev–Trinajstić information content (AvgIpc) is 2.99. The first-order valence-electron chi connectivity index (χ1n) is 9.69. The predicted octanol–water partition coefficient (Wildman–Crippen LogP) is 3.45. The van der Waals surface area contributed by atoms with Gasteiger partial charge in [-0.05, 0) is 68.3 Å². The lowest BCUT2D eigenvalue weighted by atomic mass is 10.2. The summed E-state index contributed by atoms with van der Waals surface area (Å²) in [5.74, 6) is 0.592. The normalized spacial score (nSPS) is 16.2. The Labute approximate surface area is 172 Å². The second-order valence-electron chi connectivity index (χ2n) is 6.85. The molecule has 0 aromatic heterocycles. The van der Waals surface area contributed by atoms with E-state index < -0.39 is 20.0 Å². The molecule has 0 unspecified atom stereocenters. The van der Waals surface area contributed by atoms with Gasteiger partial charge >= 0.3 is 0 Å². The van der Waals surface area contributed by atoms with Gasteiger partial charge < -0.3 is 4.74 Å². The number of nitrogens with zero attached hydrogens (tertiary/aromatic N) is 1. The summed E-state index contributed by atoms with van der Waals surface area (Å²) in [4.78, 5) is 0.269. The van der Waals surface area contributed by atoms with Crippen molar-refractivity contribution in [1.29, 1.82) is 0 Å². The van der Waals surface area contributed by atoms with Crippen LogP contribution in [0.1, 0.15) is 32.6 Å². The minimum Gasteiger partial charge on any atom is -0.494 e. The molecule has 1 heterocycles. The van der Waals surface area contributed by atoms with Crippen LogP contribution in [0.5, 0.6) is 5.75 Å². The fourth-order valence-corrected chi connectivity index (χ4v) is 5.80. The molecular formula is C20H26N2O5S2. The lowest BCUT2D eigenvalue weighted by molar-refractivity contribution is 0.340. The molecule has 3 rings (SSSR count). The number of rotatable bonds is 7. The Morgan fingerprint density at radius 3 is 1.93 bits per heavy atom.